The summed E-state index contributed by atoms with van der Waals surface area (Å²) in [6, 6.07) is 7.65. The predicted octanol–water partition coefficient (Wildman–Crippen LogP) is 2.81. The number of nitrogen functional groups attached to an aromatic ring is 1. The second-order valence-corrected chi connectivity index (χ2v) is 8.91. The van der Waals surface area contributed by atoms with E-state index in [1.54, 1.807) is 16.1 Å². The lowest BCUT2D eigenvalue weighted by atomic mass is 9.94. The van der Waals surface area contributed by atoms with Gasteiger partial charge in [-0.3, -0.25) is 0 Å². The van der Waals surface area contributed by atoms with Crippen LogP contribution in [-0.2, 0) is 10.0 Å². The smallest absolute Gasteiger partial charge is 0.215 e. The first-order chi connectivity index (χ1) is 9.90. The van der Waals surface area contributed by atoms with Crippen LogP contribution in [0.3, 0.4) is 0 Å². The molecule has 0 radical (unpaired) electrons. The third-order valence-corrected chi connectivity index (χ3v) is 7.39. The fraction of sp³-hybridized carbons (Fsp3) is 0.600. The fourth-order valence-electron chi connectivity index (χ4n) is 2.64. The number of sulfonamides is 1. The summed E-state index contributed by atoms with van der Waals surface area (Å²) in [6.07, 6.45) is 2.09. The number of nitrogens with two attached hydrogens (primary N) is 1. The van der Waals surface area contributed by atoms with Gasteiger partial charge in [-0.1, -0.05) is 6.92 Å². The van der Waals surface area contributed by atoms with Crippen molar-refractivity contribution in [2.24, 2.45) is 5.92 Å². The Labute approximate surface area is 132 Å². The monoisotopic (exact) mass is 328 g/mol. The first kappa shape index (κ1) is 16.6. The summed E-state index contributed by atoms with van der Waals surface area (Å²) in [5.41, 5.74) is 6.36. The topological polar surface area (TPSA) is 63.4 Å². The molecular weight excluding hydrogens is 304 g/mol. The minimum Gasteiger partial charge on any atom is -0.399 e. The van der Waals surface area contributed by atoms with Crippen LogP contribution in [0, 0.1) is 5.92 Å². The molecule has 2 rings (SSSR count). The molecule has 2 atom stereocenters. The molecule has 2 unspecified atom stereocenters. The first-order valence-electron chi connectivity index (χ1n) is 7.38. The molecule has 118 valence electrons. The van der Waals surface area contributed by atoms with Crippen molar-refractivity contribution < 1.29 is 8.42 Å². The first-order valence-corrected chi connectivity index (χ1v) is 9.97. The van der Waals surface area contributed by atoms with Crippen LogP contribution in [0.25, 0.3) is 0 Å². The fourth-order valence-corrected chi connectivity index (χ4v) is 5.73. The van der Waals surface area contributed by atoms with Crippen LogP contribution in [0.1, 0.15) is 26.7 Å². The molecule has 0 aliphatic carbocycles. The van der Waals surface area contributed by atoms with E-state index in [1.807, 2.05) is 31.2 Å². The van der Waals surface area contributed by atoms with E-state index in [-0.39, 0.29) is 11.8 Å². The molecule has 0 amide bonds. The van der Waals surface area contributed by atoms with Gasteiger partial charge in [-0.2, -0.15) is 4.31 Å². The molecule has 0 spiro atoms. The summed E-state index contributed by atoms with van der Waals surface area (Å²) in [6.45, 7) is 4.82. The van der Waals surface area contributed by atoms with Crippen molar-refractivity contribution >= 4 is 27.5 Å². The quantitative estimate of drug-likeness (QED) is 0.667. The highest BCUT2D eigenvalue weighted by molar-refractivity contribution is 8.00. The van der Waals surface area contributed by atoms with Gasteiger partial charge < -0.3 is 5.73 Å². The van der Waals surface area contributed by atoms with Gasteiger partial charge in [0.1, 0.15) is 0 Å². The normalized spacial score (nSPS) is 24.1. The minimum absolute atomic E-state index is 0.116. The Morgan fingerprint density at radius 2 is 1.95 bits per heavy atom. The van der Waals surface area contributed by atoms with E-state index in [9.17, 15) is 8.42 Å². The zero-order chi connectivity index (χ0) is 15.5. The average molecular weight is 329 g/mol. The van der Waals surface area contributed by atoms with Gasteiger partial charge >= 0.3 is 0 Å². The molecular formula is C15H24N2O2S2. The van der Waals surface area contributed by atoms with Crippen LogP contribution in [0.4, 0.5) is 5.69 Å². The van der Waals surface area contributed by atoms with E-state index < -0.39 is 10.0 Å². The molecule has 6 heteroatoms. The molecule has 0 aromatic heterocycles. The summed E-state index contributed by atoms with van der Waals surface area (Å²) in [7, 11) is -3.16. The molecule has 1 aliphatic rings. The number of rotatable bonds is 5. The van der Waals surface area contributed by atoms with Gasteiger partial charge in [-0.25, -0.2) is 8.42 Å². The second kappa shape index (κ2) is 7.03. The zero-order valence-corrected chi connectivity index (χ0v) is 14.3. The third kappa shape index (κ3) is 4.37. The van der Waals surface area contributed by atoms with Gasteiger partial charge in [-0.15, -0.1) is 11.8 Å². The Kier molecular flexibility index (Phi) is 5.57. The average Bonchev–Trinajstić information content (AvgIpc) is 2.44. The van der Waals surface area contributed by atoms with Crippen LogP contribution in [0.2, 0.25) is 0 Å². The van der Waals surface area contributed by atoms with Crippen molar-refractivity contribution in [3.05, 3.63) is 24.3 Å². The summed E-state index contributed by atoms with van der Waals surface area (Å²) in [5.74, 6) is 1.21. The number of anilines is 1. The summed E-state index contributed by atoms with van der Waals surface area (Å²) >= 11 is 1.56. The number of thioether (sulfide) groups is 1. The molecule has 1 heterocycles. The van der Waals surface area contributed by atoms with Crippen LogP contribution >= 0.6 is 11.8 Å². The SMILES string of the molecule is CC1CCCN(S(=O)(=O)CCSc2ccc(N)cc2)C1C. The van der Waals surface area contributed by atoms with Gasteiger partial charge in [0.2, 0.25) is 10.0 Å². The van der Waals surface area contributed by atoms with Crippen molar-refractivity contribution in [2.45, 2.75) is 37.6 Å². The molecule has 2 N–H and O–H groups in total. The standard InChI is InChI=1S/C15H24N2O2S2/c1-12-4-3-9-17(13(12)2)21(18,19)11-10-20-15-7-5-14(16)6-8-15/h5-8,12-13H,3-4,9-11,16H2,1-2H3. The Balaban J connectivity index is 1.90. The molecule has 21 heavy (non-hydrogen) atoms. The third-order valence-electron chi connectivity index (χ3n) is 4.16. The van der Waals surface area contributed by atoms with Gasteiger partial charge in [0.25, 0.3) is 0 Å². The number of nitrogens with zero attached hydrogens (tertiary/aromatic N) is 1. The van der Waals surface area contributed by atoms with E-state index >= 15 is 0 Å². The van der Waals surface area contributed by atoms with Crippen molar-refractivity contribution in [1.29, 1.82) is 0 Å². The largest absolute Gasteiger partial charge is 0.399 e. The molecule has 1 aromatic carbocycles. The summed E-state index contributed by atoms with van der Waals surface area (Å²) in [4.78, 5) is 1.06. The van der Waals surface area contributed by atoms with Crippen molar-refractivity contribution in [1.82, 2.24) is 4.31 Å². The Bertz CT molecular complexity index is 558. The van der Waals surface area contributed by atoms with Crippen LogP contribution < -0.4 is 5.73 Å². The Morgan fingerprint density at radius 3 is 2.62 bits per heavy atom. The maximum Gasteiger partial charge on any atom is 0.215 e. The zero-order valence-electron chi connectivity index (χ0n) is 12.7. The van der Waals surface area contributed by atoms with E-state index in [1.165, 1.54) is 0 Å². The Morgan fingerprint density at radius 1 is 1.29 bits per heavy atom. The van der Waals surface area contributed by atoms with Crippen LogP contribution in [0.15, 0.2) is 29.2 Å². The van der Waals surface area contributed by atoms with Gasteiger partial charge in [-0.05, 0) is 49.9 Å². The molecule has 1 aliphatic heterocycles. The molecule has 0 bridgehead atoms. The maximum absolute atomic E-state index is 12.5. The van der Waals surface area contributed by atoms with E-state index in [0.717, 1.165) is 23.4 Å². The molecule has 4 nitrogen and oxygen atoms in total. The van der Waals surface area contributed by atoms with Gasteiger partial charge in [0.05, 0.1) is 5.75 Å². The Hall–Kier alpha value is -0.720. The lowest BCUT2D eigenvalue weighted by molar-refractivity contribution is 0.202. The van der Waals surface area contributed by atoms with Gasteiger partial charge in [0, 0.05) is 28.9 Å². The molecule has 1 saturated heterocycles. The second-order valence-electron chi connectivity index (χ2n) is 5.70. The highest BCUT2D eigenvalue weighted by Crippen LogP contribution is 2.26. The van der Waals surface area contributed by atoms with Crippen molar-refractivity contribution in [3.8, 4) is 0 Å². The lowest BCUT2D eigenvalue weighted by Gasteiger charge is -2.36. The minimum atomic E-state index is -3.16. The van der Waals surface area contributed by atoms with E-state index in [4.69, 9.17) is 5.73 Å². The highest BCUT2D eigenvalue weighted by atomic mass is 32.2. The predicted molar refractivity (Wildman–Crippen MR) is 89.9 cm³/mol. The summed E-state index contributed by atoms with van der Waals surface area (Å²) in [5, 5.41) is 0. The number of piperidine rings is 1. The van der Waals surface area contributed by atoms with E-state index in [0.29, 0.717) is 18.2 Å². The molecule has 1 fully saturated rings. The number of benzene rings is 1. The number of hydrogen-bond donors (Lipinski definition) is 1. The van der Waals surface area contributed by atoms with Crippen LogP contribution in [0.5, 0.6) is 0 Å². The molecule has 0 saturated carbocycles. The number of hydrogen-bond acceptors (Lipinski definition) is 4. The maximum atomic E-state index is 12.5. The summed E-state index contributed by atoms with van der Waals surface area (Å²) < 4.78 is 26.7. The molecule has 1 aromatic rings. The van der Waals surface area contributed by atoms with Crippen LogP contribution in [-0.4, -0.2) is 36.8 Å². The van der Waals surface area contributed by atoms with Crippen molar-refractivity contribution in [2.75, 3.05) is 23.8 Å². The van der Waals surface area contributed by atoms with Gasteiger partial charge in [0.15, 0.2) is 0 Å². The van der Waals surface area contributed by atoms with Crippen molar-refractivity contribution in [3.63, 3.8) is 0 Å². The van der Waals surface area contributed by atoms with E-state index in [2.05, 4.69) is 6.92 Å². The highest BCUT2D eigenvalue weighted by Gasteiger charge is 2.32. The lowest BCUT2D eigenvalue weighted by Crippen LogP contribution is -2.47.